The normalized spacial score (nSPS) is 19.1. The first-order valence-electron chi connectivity index (χ1n) is 7.74. The number of anilines is 1. The third-order valence-corrected chi connectivity index (χ3v) is 5.05. The van der Waals surface area contributed by atoms with Gasteiger partial charge in [-0.1, -0.05) is 0 Å². The molecule has 0 saturated carbocycles. The Morgan fingerprint density at radius 1 is 1.21 bits per heavy atom. The lowest BCUT2D eigenvalue weighted by Crippen LogP contribution is -2.22. The molecule has 2 aromatic rings. The number of thioether (sulfide) groups is 1. The van der Waals surface area contributed by atoms with E-state index in [9.17, 15) is 13.2 Å². The number of methoxy groups -OCH3 is 1. The summed E-state index contributed by atoms with van der Waals surface area (Å²) >= 11 is 1.87. The second kappa shape index (κ2) is 7.04. The summed E-state index contributed by atoms with van der Waals surface area (Å²) in [5, 5.41) is 3.75. The van der Waals surface area contributed by atoms with Gasteiger partial charge in [-0.25, -0.2) is 9.97 Å². The van der Waals surface area contributed by atoms with Gasteiger partial charge in [0.05, 0.1) is 12.6 Å². The van der Waals surface area contributed by atoms with Gasteiger partial charge >= 0.3 is 6.18 Å². The summed E-state index contributed by atoms with van der Waals surface area (Å²) in [4.78, 5) is 7.42. The second-order valence-corrected chi connectivity index (χ2v) is 6.89. The van der Waals surface area contributed by atoms with Crippen LogP contribution in [0.15, 0.2) is 18.2 Å². The molecule has 1 aromatic carbocycles. The van der Waals surface area contributed by atoms with Crippen LogP contribution in [0.25, 0.3) is 10.9 Å². The second-order valence-electron chi connectivity index (χ2n) is 5.66. The molecular weight excluding hydrogens is 339 g/mol. The maximum absolute atomic E-state index is 13.1. The molecule has 1 N–H and O–H groups in total. The van der Waals surface area contributed by atoms with E-state index in [4.69, 9.17) is 4.74 Å². The van der Waals surface area contributed by atoms with Crippen LogP contribution in [0.1, 0.15) is 25.1 Å². The van der Waals surface area contributed by atoms with Gasteiger partial charge in [-0.2, -0.15) is 24.9 Å². The minimum atomic E-state index is -4.58. The summed E-state index contributed by atoms with van der Waals surface area (Å²) < 4.78 is 44.5. The van der Waals surface area contributed by atoms with Gasteiger partial charge in [0, 0.05) is 11.4 Å². The Labute approximate surface area is 142 Å². The molecule has 1 fully saturated rings. The predicted octanol–water partition coefficient (Wildman–Crippen LogP) is 4.35. The molecule has 1 unspecified atom stereocenters. The first-order valence-corrected chi connectivity index (χ1v) is 8.90. The maximum Gasteiger partial charge on any atom is 0.451 e. The summed E-state index contributed by atoms with van der Waals surface area (Å²) in [5.74, 6) is 1.75. The van der Waals surface area contributed by atoms with E-state index in [1.165, 1.54) is 13.2 Å². The number of nitrogens with one attached hydrogen (secondary N) is 1. The third kappa shape index (κ3) is 3.85. The van der Waals surface area contributed by atoms with Crippen molar-refractivity contribution in [1.82, 2.24) is 9.97 Å². The zero-order valence-corrected chi connectivity index (χ0v) is 14.0. The molecule has 2 heterocycles. The zero-order chi connectivity index (χ0) is 17.2. The van der Waals surface area contributed by atoms with E-state index in [1.54, 1.807) is 12.1 Å². The average Bonchev–Trinajstić information content (AvgIpc) is 2.82. The highest BCUT2D eigenvalue weighted by Gasteiger charge is 2.35. The van der Waals surface area contributed by atoms with Gasteiger partial charge in [-0.05, 0) is 49.0 Å². The molecule has 1 aliphatic heterocycles. The summed E-state index contributed by atoms with van der Waals surface area (Å²) in [5.41, 5.74) is 0.253. The van der Waals surface area contributed by atoms with E-state index in [-0.39, 0.29) is 17.4 Å². The van der Waals surface area contributed by atoms with Crippen molar-refractivity contribution in [2.75, 3.05) is 23.9 Å². The molecule has 0 spiro atoms. The van der Waals surface area contributed by atoms with Crippen LogP contribution in [0, 0.1) is 0 Å². The number of fused-ring (bicyclic) bond motifs is 1. The summed E-state index contributed by atoms with van der Waals surface area (Å²) in [6, 6.07) is 4.91. The Bertz CT molecular complexity index is 716. The molecule has 1 aromatic heterocycles. The van der Waals surface area contributed by atoms with Crippen LogP contribution in [0.4, 0.5) is 19.0 Å². The van der Waals surface area contributed by atoms with Gasteiger partial charge < -0.3 is 10.1 Å². The lowest BCUT2D eigenvalue weighted by Gasteiger charge is -2.19. The fraction of sp³-hybridized carbons (Fsp3) is 0.500. The Hall–Kier alpha value is -1.70. The number of alkyl halides is 3. The topological polar surface area (TPSA) is 47.0 Å². The highest BCUT2D eigenvalue weighted by molar-refractivity contribution is 7.99. The molecule has 8 heteroatoms. The molecule has 1 atom stereocenters. The van der Waals surface area contributed by atoms with Crippen molar-refractivity contribution in [2.45, 2.75) is 31.5 Å². The van der Waals surface area contributed by atoms with E-state index in [1.807, 2.05) is 11.8 Å². The fourth-order valence-electron chi connectivity index (χ4n) is 2.71. The summed E-state index contributed by atoms with van der Waals surface area (Å²) in [6.07, 6.45) is -1.71. The van der Waals surface area contributed by atoms with Crippen molar-refractivity contribution < 1.29 is 17.9 Å². The van der Waals surface area contributed by atoms with Gasteiger partial charge in [-0.15, -0.1) is 0 Å². The molecular formula is C16H18F3N3OS. The predicted molar refractivity (Wildman–Crippen MR) is 89.7 cm³/mol. The molecule has 3 rings (SSSR count). The largest absolute Gasteiger partial charge is 0.497 e. The van der Waals surface area contributed by atoms with Gasteiger partial charge in [0.15, 0.2) is 0 Å². The van der Waals surface area contributed by atoms with E-state index < -0.39 is 12.0 Å². The van der Waals surface area contributed by atoms with E-state index in [0.29, 0.717) is 11.1 Å². The van der Waals surface area contributed by atoms with E-state index >= 15 is 0 Å². The number of aromatic nitrogens is 2. The third-order valence-electron chi connectivity index (χ3n) is 3.95. The van der Waals surface area contributed by atoms with Crippen LogP contribution >= 0.6 is 11.8 Å². The summed E-state index contributed by atoms with van der Waals surface area (Å²) in [7, 11) is 1.52. The molecule has 1 aliphatic rings. The van der Waals surface area contributed by atoms with Crippen molar-refractivity contribution in [2.24, 2.45) is 0 Å². The van der Waals surface area contributed by atoms with Gasteiger partial charge in [0.25, 0.3) is 0 Å². The van der Waals surface area contributed by atoms with E-state index in [2.05, 4.69) is 15.3 Å². The number of nitrogens with zero attached hydrogens (tertiary/aromatic N) is 2. The Morgan fingerprint density at radius 3 is 2.79 bits per heavy atom. The average molecular weight is 357 g/mol. The van der Waals surface area contributed by atoms with E-state index in [0.717, 1.165) is 30.8 Å². The number of benzene rings is 1. The number of halogens is 3. The molecule has 0 radical (unpaired) electrons. The van der Waals surface area contributed by atoms with Gasteiger partial charge in [-0.3, -0.25) is 0 Å². The Kier molecular flexibility index (Phi) is 5.03. The van der Waals surface area contributed by atoms with Crippen molar-refractivity contribution in [1.29, 1.82) is 0 Å². The van der Waals surface area contributed by atoms with Crippen LogP contribution in [0.3, 0.4) is 0 Å². The summed E-state index contributed by atoms with van der Waals surface area (Å²) in [6.45, 7) is 0. The van der Waals surface area contributed by atoms with Gasteiger partial charge in [0.2, 0.25) is 5.82 Å². The Morgan fingerprint density at radius 2 is 2.04 bits per heavy atom. The monoisotopic (exact) mass is 357 g/mol. The van der Waals surface area contributed by atoms with Crippen LogP contribution in [-0.4, -0.2) is 34.6 Å². The molecule has 130 valence electrons. The fourth-order valence-corrected chi connectivity index (χ4v) is 3.74. The molecule has 0 bridgehead atoms. The lowest BCUT2D eigenvalue weighted by molar-refractivity contribution is -0.144. The first kappa shape index (κ1) is 17.1. The smallest absolute Gasteiger partial charge is 0.451 e. The highest BCUT2D eigenvalue weighted by Crippen LogP contribution is 2.32. The van der Waals surface area contributed by atoms with Gasteiger partial charge in [0.1, 0.15) is 11.6 Å². The first-order chi connectivity index (χ1) is 11.5. The number of rotatable bonds is 3. The number of hydrogen-bond acceptors (Lipinski definition) is 5. The zero-order valence-electron chi connectivity index (χ0n) is 13.2. The minimum absolute atomic E-state index is 0.116. The van der Waals surface area contributed by atoms with Crippen LogP contribution in [0.2, 0.25) is 0 Å². The number of ether oxygens (including phenoxy) is 1. The lowest BCUT2D eigenvalue weighted by atomic mass is 10.1. The van der Waals surface area contributed by atoms with Crippen LogP contribution in [-0.2, 0) is 6.18 Å². The highest BCUT2D eigenvalue weighted by atomic mass is 32.2. The SMILES string of the molecule is COc1ccc2nc(C(F)(F)F)nc(NC3CCCSCC3)c2c1. The molecule has 0 aliphatic carbocycles. The minimum Gasteiger partial charge on any atom is -0.497 e. The number of hydrogen-bond donors (Lipinski definition) is 1. The quantitative estimate of drug-likeness (QED) is 0.885. The standard InChI is InChI=1S/C16H18F3N3OS/c1-23-11-4-5-13-12(9-11)14(22-15(21-13)16(17,18)19)20-10-3-2-7-24-8-6-10/h4-5,9-10H,2-3,6-8H2,1H3,(H,20,21,22). The van der Waals surface area contributed by atoms with Crippen molar-refractivity contribution in [3.05, 3.63) is 24.0 Å². The van der Waals surface area contributed by atoms with Crippen molar-refractivity contribution in [3.8, 4) is 5.75 Å². The van der Waals surface area contributed by atoms with Crippen LogP contribution < -0.4 is 10.1 Å². The maximum atomic E-state index is 13.1. The molecule has 24 heavy (non-hydrogen) atoms. The Balaban J connectivity index is 2.04. The van der Waals surface area contributed by atoms with Crippen molar-refractivity contribution >= 4 is 28.5 Å². The molecule has 1 saturated heterocycles. The molecule has 0 amide bonds. The van der Waals surface area contributed by atoms with Crippen LogP contribution in [0.5, 0.6) is 5.75 Å². The molecule has 4 nitrogen and oxygen atoms in total. The van der Waals surface area contributed by atoms with Crippen molar-refractivity contribution in [3.63, 3.8) is 0 Å².